The number of benzene rings is 1. The summed E-state index contributed by atoms with van der Waals surface area (Å²) in [6, 6.07) is 8.02. The van der Waals surface area contributed by atoms with Crippen molar-refractivity contribution in [1.29, 1.82) is 0 Å². The molecule has 2 heterocycles. The Morgan fingerprint density at radius 3 is 2.81 bits per heavy atom. The largest absolute Gasteiger partial charge is 0.406 e. The highest BCUT2D eigenvalue weighted by atomic mass is 19.4. The van der Waals surface area contributed by atoms with Crippen LogP contribution < -0.4 is 4.90 Å². The molecule has 1 aliphatic rings. The zero-order valence-electron chi connectivity index (χ0n) is 11.6. The van der Waals surface area contributed by atoms with Crippen molar-refractivity contribution >= 4 is 5.69 Å². The van der Waals surface area contributed by atoms with Crippen LogP contribution in [-0.2, 0) is 13.1 Å². The van der Waals surface area contributed by atoms with Crippen LogP contribution in [-0.4, -0.2) is 22.3 Å². The third kappa shape index (κ3) is 2.89. The van der Waals surface area contributed by atoms with E-state index in [1.807, 2.05) is 18.2 Å². The molecule has 3 nitrogen and oxygen atoms in total. The maximum Gasteiger partial charge on any atom is 0.406 e. The Hall–Kier alpha value is -1.98. The van der Waals surface area contributed by atoms with Crippen molar-refractivity contribution < 1.29 is 13.2 Å². The van der Waals surface area contributed by atoms with Gasteiger partial charge in [0, 0.05) is 30.5 Å². The van der Waals surface area contributed by atoms with E-state index in [4.69, 9.17) is 0 Å². The number of nitrogens with zero attached hydrogens (tertiary/aromatic N) is 3. The van der Waals surface area contributed by atoms with E-state index in [1.54, 1.807) is 0 Å². The van der Waals surface area contributed by atoms with Crippen molar-refractivity contribution in [2.24, 2.45) is 0 Å². The second kappa shape index (κ2) is 5.09. The zero-order valence-corrected chi connectivity index (χ0v) is 11.6. The van der Waals surface area contributed by atoms with Crippen molar-refractivity contribution in [1.82, 2.24) is 9.55 Å². The van der Waals surface area contributed by atoms with Gasteiger partial charge in [0.15, 0.2) is 0 Å². The van der Waals surface area contributed by atoms with Crippen LogP contribution in [0.15, 0.2) is 36.7 Å². The molecule has 2 aromatic rings. The molecule has 3 rings (SSSR count). The minimum absolute atomic E-state index is 0.382. The Bertz CT molecular complexity index is 633. The summed E-state index contributed by atoms with van der Waals surface area (Å²) in [7, 11) is 0. The number of hydrogen-bond acceptors (Lipinski definition) is 2. The summed E-state index contributed by atoms with van der Waals surface area (Å²) in [5.74, 6) is 0.823. The summed E-state index contributed by atoms with van der Waals surface area (Å²) in [6.07, 6.45) is -1.42. The summed E-state index contributed by atoms with van der Waals surface area (Å²) in [5, 5.41) is 0. The lowest BCUT2D eigenvalue weighted by Gasteiger charge is -2.20. The third-order valence-corrected chi connectivity index (χ3v) is 3.79. The van der Waals surface area contributed by atoms with Crippen LogP contribution in [0.25, 0.3) is 0 Å². The van der Waals surface area contributed by atoms with Crippen molar-refractivity contribution in [3.63, 3.8) is 0 Å². The number of fused-ring (bicyclic) bond motifs is 1. The van der Waals surface area contributed by atoms with E-state index in [9.17, 15) is 13.2 Å². The van der Waals surface area contributed by atoms with E-state index in [0.29, 0.717) is 18.3 Å². The average molecular weight is 295 g/mol. The standard InChI is InChI=1S/C15H16F3N3/c1-11-8-21(13-5-3-2-4-12(11)13)9-14-19-6-7-20(14)10-15(16,17)18/h2-7,11H,8-10H2,1H3. The highest BCUT2D eigenvalue weighted by Gasteiger charge is 2.30. The topological polar surface area (TPSA) is 21.1 Å². The Kier molecular flexibility index (Phi) is 3.39. The Morgan fingerprint density at radius 1 is 1.29 bits per heavy atom. The maximum atomic E-state index is 12.6. The van der Waals surface area contributed by atoms with Gasteiger partial charge in [0.1, 0.15) is 12.4 Å². The summed E-state index contributed by atoms with van der Waals surface area (Å²) in [6.45, 7) is 2.33. The number of anilines is 1. The van der Waals surface area contributed by atoms with Crippen LogP contribution in [0.1, 0.15) is 24.2 Å². The van der Waals surface area contributed by atoms with Gasteiger partial charge in [-0.25, -0.2) is 4.98 Å². The van der Waals surface area contributed by atoms with Crippen LogP contribution >= 0.6 is 0 Å². The monoisotopic (exact) mass is 295 g/mol. The lowest BCUT2D eigenvalue weighted by atomic mass is 10.0. The SMILES string of the molecule is CC1CN(Cc2nccn2CC(F)(F)F)c2ccccc21. The average Bonchev–Trinajstić information content (AvgIpc) is 2.95. The molecule has 0 radical (unpaired) electrons. The number of halogens is 3. The van der Waals surface area contributed by atoms with E-state index < -0.39 is 12.7 Å². The summed E-state index contributed by atoms with van der Waals surface area (Å²) < 4.78 is 38.8. The van der Waals surface area contributed by atoms with Gasteiger partial charge >= 0.3 is 6.18 Å². The van der Waals surface area contributed by atoms with E-state index in [-0.39, 0.29) is 0 Å². The van der Waals surface area contributed by atoms with Gasteiger partial charge < -0.3 is 9.47 Å². The molecular formula is C15H16F3N3. The van der Waals surface area contributed by atoms with Gasteiger partial charge in [0.25, 0.3) is 0 Å². The highest BCUT2D eigenvalue weighted by Crippen LogP contribution is 2.36. The van der Waals surface area contributed by atoms with Crippen LogP contribution in [0.2, 0.25) is 0 Å². The van der Waals surface area contributed by atoms with Crippen molar-refractivity contribution in [3.05, 3.63) is 48.0 Å². The van der Waals surface area contributed by atoms with E-state index in [0.717, 1.165) is 12.2 Å². The lowest BCUT2D eigenvalue weighted by Crippen LogP contribution is -2.25. The molecule has 1 aromatic heterocycles. The molecule has 0 bridgehead atoms. The molecular weight excluding hydrogens is 279 g/mol. The van der Waals surface area contributed by atoms with Gasteiger partial charge in [0.2, 0.25) is 0 Å². The number of imidazole rings is 1. The summed E-state index contributed by atoms with van der Waals surface area (Å²) in [5.41, 5.74) is 2.33. The molecule has 0 fully saturated rings. The Labute approximate surface area is 121 Å². The molecule has 0 amide bonds. The van der Waals surface area contributed by atoms with Gasteiger partial charge in [0.05, 0.1) is 6.54 Å². The van der Waals surface area contributed by atoms with E-state index >= 15 is 0 Å². The summed E-state index contributed by atoms with van der Waals surface area (Å²) >= 11 is 0. The molecule has 0 saturated carbocycles. The molecule has 6 heteroatoms. The van der Waals surface area contributed by atoms with E-state index in [1.165, 1.54) is 22.5 Å². The normalized spacial score (nSPS) is 18.1. The fourth-order valence-corrected chi connectivity index (χ4v) is 2.87. The predicted octanol–water partition coefficient (Wildman–Crippen LogP) is 3.57. The van der Waals surface area contributed by atoms with Crippen LogP contribution in [0.5, 0.6) is 0 Å². The number of para-hydroxylation sites is 1. The molecule has 1 unspecified atom stereocenters. The van der Waals surface area contributed by atoms with Gasteiger partial charge in [-0.3, -0.25) is 0 Å². The van der Waals surface area contributed by atoms with Gasteiger partial charge in [-0.1, -0.05) is 25.1 Å². The van der Waals surface area contributed by atoms with Crippen LogP contribution in [0.4, 0.5) is 18.9 Å². The first-order valence-electron chi connectivity index (χ1n) is 6.84. The van der Waals surface area contributed by atoms with Crippen molar-refractivity contribution in [2.75, 3.05) is 11.4 Å². The van der Waals surface area contributed by atoms with Crippen molar-refractivity contribution in [3.8, 4) is 0 Å². The number of alkyl halides is 3. The fourth-order valence-electron chi connectivity index (χ4n) is 2.87. The number of hydrogen-bond donors (Lipinski definition) is 0. The summed E-state index contributed by atoms with van der Waals surface area (Å²) in [4.78, 5) is 6.18. The van der Waals surface area contributed by atoms with Gasteiger partial charge in [-0.05, 0) is 11.6 Å². The second-order valence-corrected chi connectivity index (χ2v) is 5.43. The molecule has 0 N–H and O–H groups in total. The van der Waals surface area contributed by atoms with Gasteiger partial charge in [-0.15, -0.1) is 0 Å². The first-order chi connectivity index (χ1) is 9.94. The van der Waals surface area contributed by atoms with Crippen LogP contribution in [0, 0.1) is 0 Å². The molecule has 0 spiro atoms. The number of rotatable bonds is 3. The molecule has 0 saturated heterocycles. The second-order valence-electron chi connectivity index (χ2n) is 5.43. The first-order valence-corrected chi connectivity index (χ1v) is 6.84. The Morgan fingerprint density at radius 2 is 2.05 bits per heavy atom. The highest BCUT2D eigenvalue weighted by molar-refractivity contribution is 5.59. The zero-order chi connectivity index (χ0) is 15.0. The molecule has 1 aromatic carbocycles. The maximum absolute atomic E-state index is 12.6. The molecule has 0 aliphatic carbocycles. The van der Waals surface area contributed by atoms with Crippen molar-refractivity contribution in [2.45, 2.75) is 32.1 Å². The van der Waals surface area contributed by atoms with Crippen LogP contribution in [0.3, 0.4) is 0 Å². The minimum Gasteiger partial charge on any atom is -0.363 e. The Balaban J connectivity index is 1.81. The first kappa shape index (κ1) is 14.0. The molecule has 1 atom stereocenters. The predicted molar refractivity (Wildman–Crippen MR) is 74.2 cm³/mol. The lowest BCUT2D eigenvalue weighted by molar-refractivity contribution is -0.141. The molecule has 1 aliphatic heterocycles. The smallest absolute Gasteiger partial charge is 0.363 e. The number of aromatic nitrogens is 2. The van der Waals surface area contributed by atoms with Gasteiger partial charge in [-0.2, -0.15) is 13.2 Å². The van der Waals surface area contributed by atoms with E-state index in [2.05, 4.69) is 22.9 Å². The third-order valence-electron chi connectivity index (χ3n) is 3.79. The molecule has 21 heavy (non-hydrogen) atoms. The molecule has 112 valence electrons. The minimum atomic E-state index is -4.23. The fraction of sp³-hybridized carbons (Fsp3) is 0.400. The quantitative estimate of drug-likeness (QED) is 0.863.